The molecule has 0 unspecified atom stereocenters. The number of likely N-dealkylation sites (N-methyl/N-ethyl adjacent to an activating group) is 1. The largest absolute Gasteiger partial charge is 0.377 e. The molecule has 0 saturated carbocycles. The van der Waals surface area contributed by atoms with E-state index in [2.05, 4.69) is 39.8 Å². The Morgan fingerprint density at radius 3 is 2.68 bits per heavy atom. The minimum absolute atomic E-state index is 0.442. The Morgan fingerprint density at radius 2 is 2.00 bits per heavy atom. The first-order chi connectivity index (χ1) is 12.2. The van der Waals surface area contributed by atoms with E-state index in [0.29, 0.717) is 12.1 Å². The number of ether oxygens (including phenoxy) is 1. The molecule has 3 heterocycles. The van der Waals surface area contributed by atoms with Gasteiger partial charge in [-0.15, -0.1) is 0 Å². The van der Waals surface area contributed by atoms with E-state index in [1.807, 2.05) is 6.92 Å². The van der Waals surface area contributed by atoms with Crippen LogP contribution >= 0.6 is 0 Å². The van der Waals surface area contributed by atoms with Gasteiger partial charge in [0, 0.05) is 44.0 Å². The molecule has 0 N–H and O–H groups in total. The molecule has 0 aromatic carbocycles. The van der Waals surface area contributed by atoms with Gasteiger partial charge in [-0.2, -0.15) is 0 Å². The summed E-state index contributed by atoms with van der Waals surface area (Å²) in [4.78, 5) is 14.2. The van der Waals surface area contributed by atoms with E-state index in [4.69, 9.17) is 4.74 Å². The highest BCUT2D eigenvalue weighted by molar-refractivity contribution is 5.40. The van der Waals surface area contributed by atoms with Crippen LogP contribution in [0.5, 0.6) is 0 Å². The summed E-state index contributed by atoms with van der Waals surface area (Å²) < 4.78 is 5.91. The molecule has 5 nitrogen and oxygen atoms in total. The highest BCUT2D eigenvalue weighted by atomic mass is 16.5. The van der Waals surface area contributed by atoms with Crippen LogP contribution in [-0.4, -0.2) is 60.3 Å². The molecule has 0 aliphatic carbocycles. The van der Waals surface area contributed by atoms with Crippen LogP contribution in [0, 0.1) is 6.92 Å². The van der Waals surface area contributed by atoms with E-state index < -0.39 is 0 Å². The first-order valence-electron chi connectivity index (χ1n) is 10.1. The van der Waals surface area contributed by atoms with Gasteiger partial charge in [0.15, 0.2) is 0 Å². The van der Waals surface area contributed by atoms with Crippen LogP contribution in [0.25, 0.3) is 0 Å². The zero-order chi connectivity index (χ0) is 17.6. The molecule has 0 radical (unpaired) electrons. The van der Waals surface area contributed by atoms with Crippen LogP contribution in [-0.2, 0) is 11.2 Å². The lowest BCUT2D eigenvalue weighted by molar-refractivity contribution is -0.00985. The third-order valence-electron chi connectivity index (χ3n) is 5.56. The fraction of sp³-hybridized carbons (Fsp3) is 0.800. The molecule has 5 heteroatoms. The van der Waals surface area contributed by atoms with Gasteiger partial charge >= 0.3 is 0 Å². The number of hydrogen-bond donors (Lipinski definition) is 0. The van der Waals surface area contributed by atoms with Gasteiger partial charge in [-0.25, -0.2) is 9.97 Å². The Balaban J connectivity index is 1.52. The van der Waals surface area contributed by atoms with E-state index in [0.717, 1.165) is 50.7 Å². The van der Waals surface area contributed by atoms with E-state index >= 15 is 0 Å². The standard InChI is InChI=1S/C20H34N4O/c1-4-7-17-14-20(22-16(2)21-17)24-11-9-18(10-12-24)23(3)15-19-8-5-6-13-25-19/h14,18-19H,4-13,15H2,1-3H3/t19-/m1/s1. The predicted octanol–water partition coefficient (Wildman–Crippen LogP) is 3.21. The molecule has 2 aliphatic rings. The maximum atomic E-state index is 5.91. The Labute approximate surface area is 152 Å². The first kappa shape index (κ1) is 18.6. The molecule has 140 valence electrons. The number of anilines is 1. The van der Waals surface area contributed by atoms with Crippen molar-refractivity contribution >= 4 is 5.82 Å². The van der Waals surface area contributed by atoms with Crippen LogP contribution in [0.3, 0.4) is 0 Å². The molecule has 2 saturated heterocycles. The summed E-state index contributed by atoms with van der Waals surface area (Å²) >= 11 is 0. The lowest BCUT2D eigenvalue weighted by Gasteiger charge is -2.39. The van der Waals surface area contributed by atoms with Crippen LogP contribution < -0.4 is 4.90 Å². The van der Waals surface area contributed by atoms with Crippen LogP contribution in [0.15, 0.2) is 6.07 Å². The van der Waals surface area contributed by atoms with Crippen molar-refractivity contribution in [1.29, 1.82) is 0 Å². The molecule has 1 atom stereocenters. The number of rotatable bonds is 6. The average molecular weight is 347 g/mol. The number of piperidine rings is 1. The number of aromatic nitrogens is 2. The third-order valence-corrected chi connectivity index (χ3v) is 5.56. The molecule has 25 heavy (non-hydrogen) atoms. The summed E-state index contributed by atoms with van der Waals surface area (Å²) in [5.41, 5.74) is 1.18. The van der Waals surface area contributed by atoms with Crippen molar-refractivity contribution in [2.45, 2.75) is 70.9 Å². The van der Waals surface area contributed by atoms with Crippen molar-refractivity contribution in [3.63, 3.8) is 0 Å². The van der Waals surface area contributed by atoms with Crippen molar-refractivity contribution < 1.29 is 4.74 Å². The molecule has 1 aromatic rings. The minimum atomic E-state index is 0.442. The van der Waals surface area contributed by atoms with Crippen molar-refractivity contribution in [1.82, 2.24) is 14.9 Å². The van der Waals surface area contributed by atoms with Gasteiger partial charge in [0.2, 0.25) is 0 Å². The molecule has 0 spiro atoms. The van der Waals surface area contributed by atoms with Crippen molar-refractivity contribution in [3.8, 4) is 0 Å². The number of aryl methyl sites for hydroxylation is 2. The summed E-state index contributed by atoms with van der Waals surface area (Å²) in [5.74, 6) is 2.02. The molecule has 0 amide bonds. The maximum absolute atomic E-state index is 5.91. The van der Waals surface area contributed by atoms with E-state index in [9.17, 15) is 0 Å². The SMILES string of the molecule is CCCc1cc(N2CCC(N(C)C[C@H]3CCCCO3)CC2)nc(C)n1. The van der Waals surface area contributed by atoms with Crippen molar-refractivity contribution in [3.05, 3.63) is 17.6 Å². The number of nitrogens with zero attached hydrogens (tertiary/aromatic N) is 4. The Hall–Kier alpha value is -1.20. The Kier molecular flexibility index (Phi) is 6.65. The highest BCUT2D eigenvalue weighted by Gasteiger charge is 2.26. The molecular weight excluding hydrogens is 312 g/mol. The molecular formula is C20H34N4O. The summed E-state index contributed by atoms with van der Waals surface area (Å²) in [6, 6.07) is 2.86. The fourth-order valence-corrected chi connectivity index (χ4v) is 4.12. The van der Waals surface area contributed by atoms with Gasteiger partial charge in [-0.05, 0) is 52.5 Å². The minimum Gasteiger partial charge on any atom is -0.377 e. The van der Waals surface area contributed by atoms with E-state index in [1.54, 1.807) is 0 Å². The van der Waals surface area contributed by atoms with Gasteiger partial charge < -0.3 is 14.5 Å². The second kappa shape index (κ2) is 8.95. The van der Waals surface area contributed by atoms with Crippen LogP contribution in [0.2, 0.25) is 0 Å². The highest BCUT2D eigenvalue weighted by Crippen LogP contribution is 2.23. The first-order valence-corrected chi connectivity index (χ1v) is 10.1. The zero-order valence-electron chi connectivity index (χ0n) is 16.2. The molecule has 2 aliphatic heterocycles. The molecule has 1 aromatic heterocycles. The third kappa shape index (κ3) is 5.14. The maximum Gasteiger partial charge on any atom is 0.132 e. The number of hydrogen-bond acceptors (Lipinski definition) is 5. The predicted molar refractivity (Wildman–Crippen MR) is 102 cm³/mol. The van der Waals surface area contributed by atoms with Crippen molar-refractivity contribution in [2.24, 2.45) is 0 Å². The van der Waals surface area contributed by atoms with Gasteiger partial charge in [-0.3, -0.25) is 0 Å². The quantitative estimate of drug-likeness (QED) is 0.791. The van der Waals surface area contributed by atoms with Crippen molar-refractivity contribution in [2.75, 3.05) is 38.2 Å². The summed E-state index contributed by atoms with van der Waals surface area (Å²) in [6.45, 7) is 8.41. The second-order valence-electron chi connectivity index (χ2n) is 7.66. The average Bonchev–Trinajstić information content (AvgIpc) is 2.62. The Morgan fingerprint density at radius 1 is 1.20 bits per heavy atom. The van der Waals surface area contributed by atoms with Gasteiger partial charge in [-0.1, -0.05) is 13.3 Å². The molecule has 2 fully saturated rings. The molecule has 3 rings (SSSR count). The topological polar surface area (TPSA) is 41.5 Å². The fourth-order valence-electron chi connectivity index (χ4n) is 4.12. The molecule has 0 bridgehead atoms. The smallest absolute Gasteiger partial charge is 0.132 e. The van der Waals surface area contributed by atoms with Crippen LogP contribution in [0.4, 0.5) is 5.82 Å². The van der Waals surface area contributed by atoms with E-state index in [-0.39, 0.29) is 0 Å². The lowest BCUT2D eigenvalue weighted by Crippen LogP contribution is -2.46. The van der Waals surface area contributed by atoms with Gasteiger partial charge in [0.25, 0.3) is 0 Å². The lowest BCUT2D eigenvalue weighted by atomic mass is 10.0. The summed E-state index contributed by atoms with van der Waals surface area (Å²) in [5, 5.41) is 0. The normalized spacial score (nSPS) is 22.6. The van der Waals surface area contributed by atoms with E-state index in [1.165, 1.54) is 37.8 Å². The van der Waals surface area contributed by atoms with Gasteiger partial charge in [0.05, 0.1) is 6.10 Å². The monoisotopic (exact) mass is 346 g/mol. The second-order valence-corrected chi connectivity index (χ2v) is 7.66. The van der Waals surface area contributed by atoms with Gasteiger partial charge in [0.1, 0.15) is 11.6 Å². The van der Waals surface area contributed by atoms with Crippen LogP contribution in [0.1, 0.15) is 57.0 Å². The zero-order valence-corrected chi connectivity index (χ0v) is 16.2. The summed E-state index contributed by atoms with van der Waals surface area (Å²) in [7, 11) is 2.27. The summed E-state index contributed by atoms with van der Waals surface area (Å²) in [6.07, 6.45) is 8.80. The Bertz CT molecular complexity index is 536.